The van der Waals surface area contributed by atoms with Gasteiger partial charge >= 0.3 is 0 Å². The van der Waals surface area contributed by atoms with Crippen LogP contribution < -0.4 is 5.73 Å². The molecule has 1 rings (SSSR count). The van der Waals surface area contributed by atoms with Gasteiger partial charge in [0.15, 0.2) is 0 Å². The zero-order valence-corrected chi connectivity index (χ0v) is 7.57. The van der Waals surface area contributed by atoms with Crippen LogP contribution in [0.1, 0.15) is 6.42 Å². The van der Waals surface area contributed by atoms with E-state index in [1.165, 1.54) is 0 Å². The second kappa shape index (κ2) is 4.77. The van der Waals surface area contributed by atoms with E-state index in [1.807, 2.05) is 0 Å². The van der Waals surface area contributed by atoms with E-state index in [0.717, 1.165) is 26.1 Å². The Bertz CT molecular complexity index is 132. The van der Waals surface area contributed by atoms with Gasteiger partial charge in [0.25, 0.3) is 0 Å². The summed E-state index contributed by atoms with van der Waals surface area (Å²) in [6, 6.07) is 0. The Labute approximate surface area is 73.3 Å². The Balaban J connectivity index is 2.23. The van der Waals surface area contributed by atoms with Gasteiger partial charge in [0.1, 0.15) is 0 Å². The first-order valence-electron chi connectivity index (χ1n) is 4.41. The van der Waals surface area contributed by atoms with Gasteiger partial charge in [-0.3, -0.25) is 4.90 Å². The maximum atomic E-state index is 9.46. The molecule has 0 unspecified atom stereocenters. The maximum Gasteiger partial charge on any atom is 0.0969 e. The van der Waals surface area contributed by atoms with Gasteiger partial charge < -0.3 is 15.6 Å². The molecule has 1 saturated heterocycles. The van der Waals surface area contributed by atoms with Crippen LogP contribution in [0.25, 0.3) is 0 Å². The Hall–Kier alpha value is -0.160. The highest BCUT2D eigenvalue weighted by atomic mass is 16.5. The molecule has 3 N–H and O–H groups in total. The number of nitrogens with two attached hydrogens (primary N) is 1. The molecule has 0 aromatic rings. The quantitative estimate of drug-likeness (QED) is 0.575. The lowest BCUT2D eigenvalue weighted by atomic mass is 10.3. The molecule has 12 heavy (non-hydrogen) atoms. The Morgan fingerprint density at radius 2 is 2.33 bits per heavy atom. The molecule has 0 spiro atoms. The summed E-state index contributed by atoms with van der Waals surface area (Å²) in [6.45, 7) is 3.23. The number of likely N-dealkylation sites (tertiary alicyclic amines) is 1. The minimum absolute atomic E-state index is 0.0113. The van der Waals surface area contributed by atoms with Crippen molar-refractivity contribution in [3.63, 3.8) is 0 Å². The van der Waals surface area contributed by atoms with Gasteiger partial charge in [-0.1, -0.05) is 0 Å². The van der Waals surface area contributed by atoms with Crippen molar-refractivity contribution in [2.45, 2.75) is 18.6 Å². The largest absolute Gasteiger partial charge is 0.389 e. The Morgan fingerprint density at radius 3 is 2.83 bits per heavy atom. The fourth-order valence-corrected chi connectivity index (χ4v) is 1.56. The highest BCUT2D eigenvalue weighted by Crippen LogP contribution is 2.12. The predicted octanol–water partition coefficient (Wildman–Crippen LogP) is -0.973. The van der Waals surface area contributed by atoms with Crippen LogP contribution in [0.4, 0.5) is 0 Å². The van der Waals surface area contributed by atoms with Crippen LogP contribution in [0.5, 0.6) is 0 Å². The number of β-amino-alcohol motifs (C(OH)–C–C–N with tert-alkyl or cyclic N) is 1. The smallest absolute Gasteiger partial charge is 0.0969 e. The molecular weight excluding hydrogens is 156 g/mol. The Morgan fingerprint density at radius 1 is 1.58 bits per heavy atom. The molecule has 1 fully saturated rings. The summed E-state index contributed by atoms with van der Waals surface area (Å²) >= 11 is 0. The second-order valence-corrected chi connectivity index (χ2v) is 3.24. The van der Waals surface area contributed by atoms with Crippen molar-refractivity contribution in [1.29, 1.82) is 0 Å². The summed E-state index contributed by atoms with van der Waals surface area (Å²) in [4.78, 5) is 2.19. The lowest BCUT2D eigenvalue weighted by Crippen LogP contribution is -2.25. The summed E-state index contributed by atoms with van der Waals surface area (Å²) in [6.07, 6.45) is 0.652. The van der Waals surface area contributed by atoms with Crippen LogP contribution >= 0.6 is 0 Å². The molecule has 2 atom stereocenters. The number of methoxy groups -OCH3 is 1. The van der Waals surface area contributed by atoms with Gasteiger partial charge in [0.2, 0.25) is 0 Å². The lowest BCUT2D eigenvalue weighted by molar-refractivity contribution is 0.0215. The van der Waals surface area contributed by atoms with Crippen LogP contribution in [-0.2, 0) is 4.74 Å². The SMILES string of the molecule is CO[C@@H]1CN(CCCN)C[C@H]1O. The standard InChI is InChI=1S/C8H18N2O2/c1-12-8-6-10(4-2-3-9)5-7(8)11/h7-8,11H,2-6,9H2,1H3/t7-,8-/m1/s1. The molecule has 0 radical (unpaired) electrons. The molecule has 4 heteroatoms. The monoisotopic (exact) mass is 174 g/mol. The van der Waals surface area contributed by atoms with Crippen molar-refractivity contribution >= 4 is 0 Å². The molecular formula is C8H18N2O2. The summed E-state index contributed by atoms with van der Waals surface area (Å²) in [5.41, 5.74) is 5.39. The summed E-state index contributed by atoms with van der Waals surface area (Å²) < 4.78 is 5.11. The zero-order chi connectivity index (χ0) is 8.97. The molecule has 1 heterocycles. The second-order valence-electron chi connectivity index (χ2n) is 3.24. The van der Waals surface area contributed by atoms with Gasteiger partial charge in [-0.25, -0.2) is 0 Å². The number of hydrogen-bond donors (Lipinski definition) is 2. The minimum Gasteiger partial charge on any atom is -0.389 e. The average molecular weight is 174 g/mol. The molecule has 0 aromatic carbocycles. The Kier molecular flexibility index (Phi) is 3.94. The van der Waals surface area contributed by atoms with E-state index in [1.54, 1.807) is 7.11 Å². The van der Waals surface area contributed by atoms with E-state index in [4.69, 9.17) is 10.5 Å². The van der Waals surface area contributed by atoms with Crippen LogP contribution in [0.2, 0.25) is 0 Å². The third kappa shape index (κ3) is 2.42. The van der Waals surface area contributed by atoms with E-state index in [-0.39, 0.29) is 12.2 Å². The van der Waals surface area contributed by atoms with E-state index in [9.17, 15) is 5.11 Å². The molecule has 0 bridgehead atoms. The van der Waals surface area contributed by atoms with E-state index >= 15 is 0 Å². The summed E-state index contributed by atoms with van der Waals surface area (Å²) in [7, 11) is 1.64. The van der Waals surface area contributed by atoms with Gasteiger partial charge in [-0.05, 0) is 19.5 Å². The van der Waals surface area contributed by atoms with Crippen molar-refractivity contribution in [3.05, 3.63) is 0 Å². The first-order chi connectivity index (χ1) is 5.77. The zero-order valence-electron chi connectivity index (χ0n) is 7.57. The van der Waals surface area contributed by atoms with Crippen LogP contribution in [-0.4, -0.2) is 55.5 Å². The third-order valence-corrected chi connectivity index (χ3v) is 2.29. The summed E-state index contributed by atoms with van der Waals surface area (Å²) in [5, 5.41) is 9.46. The fraction of sp³-hybridized carbons (Fsp3) is 1.00. The molecule has 0 aliphatic carbocycles. The van der Waals surface area contributed by atoms with Gasteiger partial charge in [0.05, 0.1) is 12.2 Å². The number of aliphatic hydroxyl groups excluding tert-OH is 1. The average Bonchev–Trinajstić information content (AvgIpc) is 2.43. The molecule has 1 aliphatic heterocycles. The maximum absolute atomic E-state index is 9.46. The normalized spacial score (nSPS) is 31.2. The fourth-order valence-electron chi connectivity index (χ4n) is 1.56. The van der Waals surface area contributed by atoms with Crippen molar-refractivity contribution in [3.8, 4) is 0 Å². The van der Waals surface area contributed by atoms with Crippen molar-refractivity contribution in [2.75, 3.05) is 33.3 Å². The lowest BCUT2D eigenvalue weighted by Gasteiger charge is -2.13. The van der Waals surface area contributed by atoms with Crippen LogP contribution in [0.3, 0.4) is 0 Å². The first-order valence-corrected chi connectivity index (χ1v) is 4.41. The van der Waals surface area contributed by atoms with Gasteiger partial charge in [0, 0.05) is 20.2 Å². The number of nitrogens with zero attached hydrogens (tertiary/aromatic N) is 1. The topological polar surface area (TPSA) is 58.7 Å². The molecule has 0 aromatic heterocycles. The van der Waals surface area contributed by atoms with E-state index in [0.29, 0.717) is 6.54 Å². The molecule has 0 amide bonds. The summed E-state index contributed by atoms with van der Waals surface area (Å²) in [5.74, 6) is 0. The number of aliphatic hydroxyl groups is 1. The molecule has 1 aliphatic rings. The van der Waals surface area contributed by atoms with E-state index < -0.39 is 0 Å². The van der Waals surface area contributed by atoms with Crippen LogP contribution in [0, 0.1) is 0 Å². The molecule has 4 nitrogen and oxygen atoms in total. The third-order valence-electron chi connectivity index (χ3n) is 2.29. The van der Waals surface area contributed by atoms with Crippen molar-refractivity contribution < 1.29 is 9.84 Å². The van der Waals surface area contributed by atoms with Crippen LogP contribution in [0.15, 0.2) is 0 Å². The molecule has 0 saturated carbocycles. The van der Waals surface area contributed by atoms with Gasteiger partial charge in [-0.15, -0.1) is 0 Å². The van der Waals surface area contributed by atoms with Crippen molar-refractivity contribution in [1.82, 2.24) is 4.90 Å². The highest BCUT2D eigenvalue weighted by molar-refractivity contribution is 4.84. The highest BCUT2D eigenvalue weighted by Gasteiger charge is 2.30. The van der Waals surface area contributed by atoms with E-state index in [2.05, 4.69) is 4.90 Å². The molecule has 72 valence electrons. The number of hydrogen-bond acceptors (Lipinski definition) is 4. The van der Waals surface area contributed by atoms with Gasteiger partial charge in [-0.2, -0.15) is 0 Å². The first kappa shape index (κ1) is 9.92. The minimum atomic E-state index is -0.326. The predicted molar refractivity (Wildman–Crippen MR) is 46.9 cm³/mol. The number of ether oxygens (including phenoxy) is 1. The van der Waals surface area contributed by atoms with Crippen molar-refractivity contribution in [2.24, 2.45) is 5.73 Å². The number of rotatable bonds is 4.